The predicted octanol–water partition coefficient (Wildman–Crippen LogP) is -0.215. The number of hydrogen-bond donors (Lipinski definition) is 3. The van der Waals surface area contributed by atoms with E-state index in [1.165, 1.54) is 0 Å². The van der Waals surface area contributed by atoms with Crippen LogP contribution in [0, 0.1) is 15.5 Å². The molecule has 1 aromatic rings. The van der Waals surface area contributed by atoms with E-state index in [0.717, 1.165) is 25.1 Å². The van der Waals surface area contributed by atoms with Crippen LogP contribution >= 0.6 is 0 Å². The van der Waals surface area contributed by atoms with Gasteiger partial charge in [0.1, 0.15) is 5.56 Å². The maximum Gasteiger partial charge on any atom is 0.286 e. The van der Waals surface area contributed by atoms with Gasteiger partial charge >= 0.3 is 0 Å². The summed E-state index contributed by atoms with van der Waals surface area (Å²) in [7, 11) is 0. The maximum absolute atomic E-state index is 11.8. The minimum atomic E-state index is -0.692. The smallest absolute Gasteiger partial charge is 0.286 e. The summed E-state index contributed by atoms with van der Waals surface area (Å²) >= 11 is 0. The Kier molecular flexibility index (Phi) is 3.34. The zero-order valence-corrected chi connectivity index (χ0v) is 10.0. The van der Waals surface area contributed by atoms with E-state index < -0.39 is 16.4 Å². The summed E-state index contributed by atoms with van der Waals surface area (Å²) in [6, 6.07) is 0.937. The van der Waals surface area contributed by atoms with Gasteiger partial charge in [-0.25, -0.2) is 0 Å². The fraction of sp³-hybridized carbons (Fsp3) is 0.455. The quantitative estimate of drug-likeness (QED) is 0.502. The van der Waals surface area contributed by atoms with Crippen molar-refractivity contribution in [2.75, 3.05) is 13.2 Å². The van der Waals surface area contributed by atoms with E-state index in [-0.39, 0.29) is 29.8 Å². The fourth-order valence-electron chi connectivity index (χ4n) is 1.68. The molecule has 19 heavy (non-hydrogen) atoms. The molecule has 0 spiro atoms. The van der Waals surface area contributed by atoms with E-state index in [1.807, 2.05) is 0 Å². The van der Waals surface area contributed by atoms with E-state index in [4.69, 9.17) is 5.11 Å². The second-order valence-electron chi connectivity index (χ2n) is 4.70. The van der Waals surface area contributed by atoms with E-state index >= 15 is 0 Å². The standard InChI is InChI=1S/C11H13N3O5/c15-6-11(1-2-11)5-13-10(17)8-3-7(14(18)19)4-12-9(8)16/h3-4,15H,1-2,5-6H2,(H,12,16)(H,13,17). The van der Waals surface area contributed by atoms with Crippen LogP contribution in [0.2, 0.25) is 0 Å². The predicted molar refractivity (Wildman–Crippen MR) is 64.8 cm³/mol. The van der Waals surface area contributed by atoms with Crippen LogP contribution in [0.3, 0.4) is 0 Å². The van der Waals surface area contributed by atoms with Crippen LogP contribution in [0.1, 0.15) is 23.2 Å². The lowest BCUT2D eigenvalue weighted by molar-refractivity contribution is -0.385. The fourth-order valence-corrected chi connectivity index (χ4v) is 1.68. The lowest BCUT2D eigenvalue weighted by Crippen LogP contribution is -2.35. The highest BCUT2D eigenvalue weighted by Crippen LogP contribution is 2.44. The molecule has 0 bridgehead atoms. The zero-order valence-electron chi connectivity index (χ0n) is 10.0. The van der Waals surface area contributed by atoms with Crippen molar-refractivity contribution in [1.82, 2.24) is 10.3 Å². The number of amides is 1. The van der Waals surface area contributed by atoms with Crippen molar-refractivity contribution in [3.8, 4) is 0 Å². The maximum atomic E-state index is 11.8. The number of carbonyl (C=O) groups is 1. The molecule has 0 saturated heterocycles. The second kappa shape index (κ2) is 4.81. The van der Waals surface area contributed by atoms with Crippen LogP contribution in [0.15, 0.2) is 17.1 Å². The normalized spacial score (nSPS) is 15.8. The van der Waals surface area contributed by atoms with Crippen LogP contribution in [0.5, 0.6) is 0 Å². The molecule has 1 heterocycles. The molecule has 8 nitrogen and oxygen atoms in total. The number of aromatic amines is 1. The highest BCUT2D eigenvalue weighted by Gasteiger charge is 2.42. The summed E-state index contributed by atoms with van der Waals surface area (Å²) in [6.45, 7) is 0.225. The number of pyridine rings is 1. The molecule has 0 aromatic carbocycles. The van der Waals surface area contributed by atoms with E-state index in [1.54, 1.807) is 0 Å². The summed E-state index contributed by atoms with van der Waals surface area (Å²) in [5.41, 5.74) is -1.63. The Balaban J connectivity index is 2.12. The third kappa shape index (κ3) is 2.79. The molecular weight excluding hydrogens is 254 g/mol. The molecule has 8 heteroatoms. The first-order valence-electron chi connectivity index (χ1n) is 5.74. The van der Waals surface area contributed by atoms with Gasteiger partial charge in [-0.1, -0.05) is 0 Å². The number of H-pyrrole nitrogens is 1. The number of nitro groups is 1. The lowest BCUT2D eigenvalue weighted by atomic mass is 10.1. The van der Waals surface area contributed by atoms with Crippen molar-refractivity contribution in [2.24, 2.45) is 5.41 Å². The summed E-state index contributed by atoms with van der Waals surface area (Å²) in [4.78, 5) is 35.3. The Morgan fingerprint density at radius 1 is 1.58 bits per heavy atom. The monoisotopic (exact) mass is 267 g/mol. The van der Waals surface area contributed by atoms with E-state index in [9.17, 15) is 19.7 Å². The molecule has 1 aromatic heterocycles. The van der Waals surface area contributed by atoms with E-state index in [2.05, 4.69) is 10.3 Å². The summed E-state index contributed by atoms with van der Waals surface area (Å²) < 4.78 is 0. The number of aliphatic hydroxyl groups is 1. The van der Waals surface area contributed by atoms with Crippen molar-refractivity contribution >= 4 is 11.6 Å². The number of hydrogen-bond acceptors (Lipinski definition) is 5. The van der Waals surface area contributed by atoms with Gasteiger partial charge in [-0.05, 0) is 12.8 Å². The minimum absolute atomic E-state index is 0.0292. The molecule has 1 amide bonds. The van der Waals surface area contributed by atoms with Crippen LogP contribution in [0.25, 0.3) is 0 Å². The Morgan fingerprint density at radius 2 is 2.26 bits per heavy atom. The van der Waals surface area contributed by atoms with Crippen LogP contribution in [-0.2, 0) is 0 Å². The zero-order chi connectivity index (χ0) is 14.0. The molecule has 2 rings (SSSR count). The number of nitrogens with one attached hydrogen (secondary N) is 2. The van der Waals surface area contributed by atoms with Gasteiger partial charge in [0, 0.05) is 18.0 Å². The number of aromatic nitrogens is 1. The van der Waals surface area contributed by atoms with Crippen molar-refractivity contribution < 1.29 is 14.8 Å². The number of nitrogens with zero attached hydrogens (tertiary/aromatic N) is 1. The molecule has 0 atom stereocenters. The number of rotatable bonds is 5. The van der Waals surface area contributed by atoms with Crippen molar-refractivity contribution in [1.29, 1.82) is 0 Å². The molecule has 102 valence electrons. The Labute approximate surface area is 107 Å². The second-order valence-corrected chi connectivity index (χ2v) is 4.70. The molecule has 1 aliphatic carbocycles. The molecule has 0 unspecified atom stereocenters. The Morgan fingerprint density at radius 3 is 2.79 bits per heavy atom. The van der Waals surface area contributed by atoms with Gasteiger partial charge < -0.3 is 15.4 Å². The van der Waals surface area contributed by atoms with Crippen molar-refractivity contribution in [3.05, 3.63) is 38.3 Å². The molecule has 3 N–H and O–H groups in total. The summed E-state index contributed by atoms with van der Waals surface area (Å²) in [6.07, 6.45) is 2.57. The van der Waals surface area contributed by atoms with Crippen LogP contribution < -0.4 is 10.9 Å². The largest absolute Gasteiger partial charge is 0.396 e. The first-order chi connectivity index (χ1) is 8.97. The molecule has 1 saturated carbocycles. The number of aliphatic hydroxyl groups excluding tert-OH is 1. The molecule has 1 aliphatic rings. The van der Waals surface area contributed by atoms with Gasteiger partial charge in [-0.2, -0.15) is 0 Å². The SMILES string of the molecule is O=C(NCC1(CO)CC1)c1cc([N+](=O)[O-])c[nH]c1=O. The third-order valence-corrected chi connectivity index (χ3v) is 3.26. The highest BCUT2D eigenvalue weighted by atomic mass is 16.6. The first kappa shape index (κ1) is 13.2. The van der Waals surface area contributed by atoms with Crippen LogP contribution in [0.4, 0.5) is 5.69 Å². The highest BCUT2D eigenvalue weighted by molar-refractivity contribution is 5.94. The van der Waals surface area contributed by atoms with Gasteiger partial charge in [0.15, 0.2) is 0 Å². The lowest BCUT2D eigenvalue weighted by Gasteiger charge is -2.12. The Bertz CT molecular complexity index is 576. The molecule has 1 fully saturated rings. The molecular formula is C11H13N3O5. The Hall–Kier alpha value is -2.22. The van der Waals surface area contributed by atoms with Gasteiger partial charge in [0.2, 0.25) is 0 Å². The van der Waals surface area contributed by atoms with E-state index in [0.29, 0.717) is 0 Å². The van der Waals surface area contributed by atoms with Gasteiger partial charge in [-0.15, -0.1) is 0 Å². The van der Waals surface area contributed by atoms with Gasteiger partial charge in [0.05, 0.1) is 17.7 Å². The topological polar surface area (TPSA) is 125 Å². The van der Waals surface area contributed by atoms with Crippen LogP contribution in [-0.4, -0.2) is 34.1 Å². The van der Waals surface area contributed by atoms with Crippen molar-refractivity contribution in [2.45, 2.75) is 12.8 Å². The van der Waals surface area contributed by atoms with Crippen molar-refractivity contribution in [3.63, 3.8) is 0 Å². The summed E-state index contributed by atoms with van der Waals surface area (Å²) in [5.74, 6) is -0.676. The van der Waals surface area contributed by atoms with Gasteiger partial charge in [-0.3, -0.25) is 19.7 Å². The average Bonchev–Trinajstić information content (AvgIpc) is 3.17. The summed E-state index contributed by atoms with van der Waals surface area (Å²) in [5, 5.41) is 22.2. The first-order valence-corrected chi connectivity index (χ1v) is 5.74. The average molecular weight is 267 g/mol. The van der Waals surface area contributed by atoms with Gasteiger partial charge in [0.25, 0.3) is 17.2 Å². The molecule has 0 aliphatic heterocycles. The minimum Gasteiger partial charge on any atom is -0.396 e. The number of carbonyl (C=O) groups excluding carboxylic acids is 1. The molecule has 0 radical (unpaired) electrons. The third-order valence-electron chi connectivity index (χ3n) is 3.26.